The third-order valence-electron chi connectivity index (χ3n) is 2.44. The molecular formula is C9H14F3NO3. The number of carboxylic acid groups (broad SMARTS) is 1. The van der Waals surface area contributed by atoms with Crippen molar-refractivity contribution >= 4 is 5.97 Å². The molecule has 0 radical (unpaired) electrons. The number of rotatable bonds is 5. The van der Waals surface area contributed by atoms with Crippen LogP contribution in [0.25, 0.3) is 0 Å². The molecule has 4 nitrogen and oxygen atoms in total. The van der Waals surface area contributed by atoms with Crippen molar-refractivity contribution in [1.29, 1.82) is 0 Å². The van der Waals surface area contributed by atoms with Gasteiger partial charge in [0.15, 0.2) is 5.92 Å². The topological polar surface area (TPSA) is 58.6 Å². The van der Waals surface area contributed by atoms with Crippen LogP contribution in [-0.2, 0) is 9.53 Å². The highest BCUT2D eigenvalue weighted by Gasteiger charge is 2.44. The number of aliphatic carboxylic acids is 1. The molecule has 2 atom stereocenters. The zero-order valence-corrected chi connectivity index (χ0v) is 8.59. The van der Waals surface area contributed by atoms with E-state index in [2.05, 4.69) is 5.32 Å². The average Bonchev–Trinajstić information content (AvgIpc) is 2.61. The van der Waals surface area contributed by atoms with Gasteiger partial charge in [-0.05, 0) is 12.8 Å². The molecule has 1 rings (SSSR count). The largest absolute Gasteiger partial charge is 0.481 e. The first kappa shape index (κ1) is 13.2. The van der Waals surface area contributed by atoms with Crippen LogP contribution in [0.1, 0.15) is 12.8 Å². The Morgan fingerprint density at radius 1 is 1.56 bits per heavy atom. The number of carboxylic acids is 1. The van der Waals surface area contributed by atoms with E-state index in [-0.39, 0.29) is 12.6 Å². The van der Waals surface area contributed by atoms with E-state index < -0.39 is 24.6 Å². The number of halogens is 3. The molecule has 16 heavy (non-hydrogen) atoms. The fraction of sp³-hybridized carbons (Fsp3) is 0.889. The molecule has 7 heteroatoms. The summed E-state index contributed by atoms with van der Waals surface area (Å²) in [6.45, 7) is 0.270. The second-order valence-corrected chi connectivity index (χ2v) is 3.73. The molecular weight excluding hydrogens is 227 g/mol. The molecule has 0 aromatic carbocycles. The van der Waals surface area contributed by atoms with Crippen LogP contribution in [-0.4, -0.2) is 43.1 Å². The van der Waals surface area contributed by atoms with Crippen LogP contribution < -0.4 is 5.32 Å². The zero-order chi connectivity index (χ0) is 12.2. The Bertz CT molecular complexity index is 239. The number of carbonyl (C=O) groups is 1. The first-order chi connectivity index (χ1) is 7.41. The smallest absolute Gasteiger partial charge is 0.403 e. The number of hydrogen-bond acceptors (Lipinski definition) is 3. The van der Waals surface area contributed by atoms with Crippen LogP contribution in [0.15, 0.2) is 0 Å². The molecule has 0 aliphatic carbocycles. The summed E-state index contributed by atoms with van der Waals surface area (Å²) >= 11 is 0. The molecule has 0 aromatic rings. The predicted octanol–water partition coefficient (Wildman–Crippen LogP) is 1.02. The maximum atomic E-state index is 12.2. The molecule has 0 aromatic heterocycles. The summed E-state index contributed by atoms with van der Waals surface area (Å²) in [5, 5.41) is 10.9. The van der Waals surface area contributed by atoms with Gasteiger partial charge in [0, 0.05) is 19.7 Å². The summed E-state index contributed by atoms with van der Waals surface area (Å²) in [5.74, 6) is -4.21. The van der Waals surface area contributed by atoms with Crippen molar-refractivity contribution in [2.24, 2.45) is 5.92 Å². The van der Waals surface area contributed by atoms with E-state index in [1.165, 1.54) is 0 Å². The molecule has 1 aliphatic heterocycles. The minimum Gasteiger partial charge on any atom is -0.481 e. The number of ether oxygens (including phenoxy) is 1. The summed E-state index contributed by atoms with van der Waals surface area (Å²) in [6, 6.07) is 0. The highest BCUT2D eigenvalue weighted by Crippen LogP contribution is 2.25. The normalized spacial score (nSPS) is 23.3. The molecule has 0 amide bonds. The Hall–Kier alpha value is -0.820. The van der Waals surface area contributed by atoms with Crippen molar-refractivity contribution in [1.82, 2.24) is 5.32 Å². The lowest BCUT2D eigenvalue weighted by molar-refractivity contribution is -0.192. The van der Waals surface area contributed by atoms with Gasteiger partial charge in [-0.3, -0.25) is 4.79 Å². The van der Waals surface area contributed by atoms with E-state index in [0.717, 1.165) is 12.8 Å². The van der Waals surface area contributed by atoms with Crippen LogP contribution in [0.5, 0.6) is 0 Å². The van der Waals surface area contributed by atoms with Crippen molar-refractivity contribution in [3.05, 3.63) is 0 Å². The van der Waals surface area contributed by atoms with Crippen molar-refractivity contribution < 1.29 is 27.8 Å². The average molecular weight is 241 g/mol. The Kier molecular flexibility index (Phi) is 4.55. The van der Waals surface area contributed by atoms with Gasteiger partial charge < -0.3 is 15.2 Å². The third kappa shape index (κ3) is 3.97. The second kappa shape index (κ2) is 5.49. The summed E-state index contributed by atoms with van der Waals surface area (Å²) < 4.78 is 41.8. The maximum absolute atomic E-state index is 12.2. The van der Waals surface area contributed by atoms with Crippen molar-refractivity contribution in [3.8, 4) is 0 Å². The quantitative estimate of drug-likeness (QED) is 0.754. The number of nitrogens with one attached hydrogen (secondary N) is 1. The minimum absolute atomic E-state index is 0.0947. The van der Waals surface area contributed by atoms with E-state index in [9.17, 15) is 18.0 Å². The van der Waals surface area contributed by atoms with E-state index in [0.29, 0.717) is 6.61 Å². The molecule has 1 saturated heterocycles. The van der Waals surface area contributed by atoms with E-state index in [1.54, 1.807) is 0 Å². The lowest BCUT2D eigenvalue weighted by Gasteiger charge is -2.17. The SMILES string of the molecule is O=C(O)C(CNCC1CCCO1)C(F)(F)F. The first-order valence-electron chi connectivity index (χ1n) is 5.03. The van der Waals surface area contributed by atoms with Gasteiger partial charge in [0.2, 0.25) is 0 Å². The van der Waals surface area contributed by atoms with Crippen molar-refractivity contribution in [2.75, 3.05) is 19.7 Å². The molecule has 94 valence electrons. The molecule has 0 saturated carbocycles. The molecule has 1 heterocycles. The summed E-state index contributed by atoms with van der Waals surface area (Å²) in [4.78, 5) is 10.4. The Balaban J connectivity index is 2.30. The van der Waals surface area contributed by atoms with Gasteiger partial charge in [-0.25, -0.2) is 0 Å². The monoisotopic (exact) mass is 241 g/mol. The summed E-state index contributed by atoms with van der Waals surface area (Å²) in [7, 11) is 0. The fourth-order valence-electron chi connectivity index (χ4n) is 1.54. The van der Waals surface area contributed by atoms with Gasteiger partial charge in [-0.2, -0.15) is 13.2 Å². The van der Waals surface area contributed by atoms with Crippen LogP contribution in [0.4, 0.5) is 13.2 Å². The molecule has 2 N–H and O–H groups in total. The van der Waals surface area contributed by atoms with Crippen molar-refractivity contribution in [2.45, 2.75) is 25.1 Å². The lowest BCUT2D eigenvalue weighted by atomic mass is 10.1. The van der Waals surface area contributed by atoms with Crippen LogP contribution in [0.3, 0.4) is 0 Å². The molecule has 1 fully saturated rings. The maximum Gasteiger partial charge on any atom is 0.403 e. The lowest BCUT2D eigenvalue weighted by Crippen LogP contribution is -2.41. The summed E-state index contributed by atoms with van der Waals surface area (Å²) in [6.07, 6.45) is -3.11. The number of alkyl halides is 3. The van der Waals surface area contributed by atoms with Gasteiger partial charge in [0.1, 0.15) is 0 Å². The Morgan fingerprint density at radius 2 is 2.25 bits per heavy atom. The van der Waals surface area contributed by atoms with E-state index in [4.69, 9.17) is 9.84 Å². The standard InChI is InChI=1S/C9H14F3NO3/c10-9(11,12)7(8(14)15)5-13-4-6-2-1-3-16-6/h6-7,13H,1-5H2,(H,14,15). The van der Waals surface area contributed by atoms with Gasteiger partial charge in [0.05, 0.1) is 6.10 Å². The first-order valence-corrected chi connectivity index (χ1v) is 5.03. The highest BCUT2D eigenvalue weighted by molar-refractivity contribution is 5.71. The van der Waals surface area contributed by atoms with Crippen molar-refractivity contribution in [3.63, 3.8) is 0 Å². The van der Waals surface area contributed by atoms with Crippen LogP contribution in [0.2, 0.25) is 0 Å². The molecule has 0 spiro atoms. The van der Waals surface area contributed by atoms with Gasteiger partial charge in [0.25, 0.3) is 0 Å². The molecule has 1 aliphatic rings. The molecule has 2 unspecified atom stereocenters. The van der Waals surface area contributed by atoms with Crippen LogP contribution >= 0.6 is 0 Å². The van der Waals surface area contributed by atoms with Gasteiger partial charge in [-0.1, -0.05) is 0 Å². The summed E-state index contributed by atoms with van der Waals surface area (Å²) in [5.41, 5.74) is 0. The minimum atomic E-state index is -4.71. The van der Waals surface area contributed by atoms with Gasteiger partial charge >= 0.3 is 12.1 Å². The Labute approximate surface area is 90.8 Å². The van der Waals surface area contributed by atoms with Gasteiger partial charge in [-0.15, -0.1) is 0 Å². The molecule has 0 bridgehead atoms. The predicted molar refractivity (Wildman–Crippen MR) is 49.0 cm³/mol. The van der Waals surface area contributed by atoms with Crippen LogP contribution in [0, 0.1) is 5.92 Å². The van der Waals surface area contributed by atoms with E-state index in [1.807, 2.05) is 0 Å². The fourth-order valence-corrected chi connectivity index (χ4v) is 1.54. The number of hydrogen-bond donors (Lipinski definition) is 2. The van der Waals surface area contributed by atoms with E-state index >= 15 is 0 Å². The second-order valence-electron chi connectivity index (χ2n) is 3.73. The zero-order valence-electron chi connectivity index (χ0n) is 8.59. The third-order valence-corrected chi connectivity index (χ3v) is 2.44. The highest BCUT2D eigenvalue weighted by atomic mass is 19.4. The Morgan fingerprint density at radius 3 is 2.69 bits per heavy atom.